The molecule has 0 aliphatic carbocycles. The zero-order chi connectivity index (χ0) is 23.4. The fraction of sp³-hybridized carbons (Fsp3) is 0.167. The van der Waals surface area contributed by atoms with E-state index in [4.69, 9.17) is 0 Å². The average Bonchev–Trinajstić information content (AvgIpc) is 3.22. The fourth-order valence-electron chi connectivity index (χ4n) is 3.14. The molecule has 2 amide bonds. The number of benzene rings is 2. The minimum absolute atomic E-state index is 0.0561. The summed E-state index contributed by atoms with van der Waals surface area (Å²) in [5.74, 6) is -0.875. The topological polar surface area (TPSA) is 88.4 Å². The van der Waals surface area contributed by atoms with Crippen LogP contribution < -0.4 is 10.6 Å². The Bertz CT molecular complexity index is 1320. The van der Waals surface area contributed by atoms with E-state index in [0.717, 1.165) is 16.7 Å². The fourth-order valence-corrected chi connectivity index (χ4v) is 3.85. The minimum Gasteiger partial charge on any atom is -0.348 e. The Morgan fingerprint density at radius 1 is 1.03 bits per heavy atom. The quantitative estimate of drug-likeness (QED) is 0.402. The van der Waals surface area contributed by atoms with Crippen LogP contribution in [0, 0.1) is 19.7 Å². The highest BCUT2D eigenvalue weighted by molar-refractivity contribution is 7.99. The summed E-state index contributed by atoms with van der Waals surface area (Å²) in [5, 5.41) is 14.3. The molecule has 0 bridgehead atoms. The van der Waals surface area contributed by atoms with E-state index in [1.54, 1.807) is 35.7 Å². The summed E-state index contributed by atoms with van der Waals surface area (Å²) in [6.07, 6.45) is 1.65. The smallest absolute Gasteiger partial charge is 0.253 e. The van der Waals surface area contributed by atoms with Crippen LogP contribution in [0.15, 0.2) is 66.0 Å². The van der Waals surface area contributed by atoms with Crippen molar-refractivity contribution in [2.45, 2.75) is 25.5 Å². The van der Waals surface area contributed by atoms with E-state index in [0.29, 0.717) is 28.6 Å². The number of fused-ring (bicyclic) bond motifs is 1. The number of aryl methyl sites for hydroxylation is 2. The summed E-state index contributed by atoms with van der Waals surface area (Å²) in [5.41, 5.74) is 4.39. The molecule has 0 fully saturated rings. The van der Waals surface area contributed by atoms with E-state index >= 15 is 0 Å². The highest BCUT2D eigenvalue weighted by Gasteiger charge is 2.13. The molecule has 33 heavy (non-hydrogen) atoms. The number of hydrogen-bond donors (Lipinski definition) is 2. The molecule has 9 heteroatoms. The van der Waals surface area contributed by atoms with Crippen molar-refractivity contribution in [1.29, 1.82) is 0 Å². The van der Waals surface area contributed by atoms with Gasteiger partial charge < -0.3 is 10.6 Å². The minimum atomic E-state index is -0.416. The number of rotatable bonds is 7. The Morgan fingerprint density at radius 3 is 2.61 bits per heavy atom. The third-order valence-corrected chi connectivity index (χ3v) is 5.96. The molecule has 7 nitrogen and oxygen atoms in total. The molecule has 2 heterocycles. The van der Waals surface area contributed by atoms with Crippen molar-refractivity contribution in [1.82, 2.24) is 19.9 Å². The highest BCUT2D eigenvalue weighted by atomic mass is 32.2. The molecule has 2 N–H and O–H groups in total. The summed E-state index contributed by atoms with van der Waals surface area (Å²) in [4.78, 5) is 25.0. The van der Waals surface area contributed by atoms with Crippen LogP contribution in [0.1, 0.15) is 27.0 Å². The van der Waals surface area contributed by atoms with Gasteiger partial charge in [-0.25, -0.2) is 4.39 Å². The standard InChI is InChI=1S/C24H22FN5O2S/c1-15-3-6-17(7-4-15)12-26-23(32)18-8-10-21-28-29-24(30(21)13-18)33-14-22(31)27-20-11-19(25)9-5-16(20)2/h3-11,13H,12,14H2,1-2H3,(H,26,32)(H,27,31). The Balaban J connectivity index is 1.40. The molecular formula is C24H22FN5O2S. The van der Waals surface area contributed by atoms with Crippen molar-refractivity contribution in [3.8, 4) is 0 Å². The first-order chi connectivity index (χ1) is 15.9. The molecular weight excluding hydrogens is 441 g/mol. The van der Waals surface area contributed by atoms with Crippen LogP contribution in [-0.4, -0.2) is 32.2 Å². The normalized spacial score (nSPS) is 10.9. The lowest BCUT2D eigenvalue weighted by Gasteiger charge is -2.08. The number of carbonyl (C=O) groups excluding carboxylic acids is 2. The second-order valence-corrected chi connectivity index (χ2v) is 8.54. The lowest BCUT2D eigenvalue weighted by molar-refractivity contribution is -0.113. The number of nitrogens with zero attached hydrogens (tertiary/aromatic N) is 3. The van der Waals surface area contributed by atoms with E-state index in [2.05, 4.69) is 20.8 Å². The molecule has 0 aliphatic rings. The molecule has 2 aromatic heterocycles. The monoisotopic (exact) mass is 463 g/mol. The second kappa shape index (κ2) is 9.83. The number of halogens is 1. The van der Waals surface area contributed by atoms with Gasteiger partial charge in [-0.05, 0) is 49.2 Å². The maximum absolute atomic E-state index is 13.4. The lowest BCUT2D eigenvalue weighted by Crippen LogP contribution is -2.23. The first-order valence-corrected chi connectivity index (χ1v) is 11.2. The maximum Gasteiger partial charge on any atom is 0.253 e. The SMILES string of the molecule is Cc1ccc(CNC(=O)c2ccc3nnc(SCC(=O)Nc4cc(F)ccc4C)n3c2)cc1. The Hall–Kier alpha value is -3.72. The molecule has 4 rings (SSSR count). The third-order valence-electron chi connectivity index (χ3n) is 5.01. The lowest BCUT2D eigenvalue weighted by atomic mass is 10.1. The van der Waals surface area contributed by atoms with E-state index in [1.165, 1.54) is 23.9 Å². The molecule has 168 valence electrons. The van der Waals surface area contributed by atoms with Crippen LogP contribution in [0.3, 0.4) is 0 Å². The molecule has 0 atom stereocenters. The van der Waals surface area contributed by atoms with Gasteiger partial charge in [0.2, 0.25) is 5.91 Å². The van der Waals surface area contributed by atoms with Crippen LogP contribution in [0.25, 0.3) is 5.65 Å². The Morgan fingerprint density at radius 2 is 1.82 bits per heavy atom. The Kier molecular flexibility index (Phi) is 6.69. The zero-order valence-electron chi connectivity index (χ0n) is 18.1. The van der Waals surface area contributed by atoms with Gasteiger partial charge in [-0.15, -0.1) is 10.2 Å². The van der Waals surface area contributed by atoms with Gasteiger partial charge in [0.15, 0.2) is 10.8 Å². The van der Waals surface area contributed by atoms with Crippen molar-refractivity contribution in [3.63, 3.8) is 0 Å². The summed E-state index contributed by atoms with van der Waals surface area (Å²) in [6.45, 7) is 4.22. The van der Waals surface area contributed by atoms with Gasteiger partial charge in [0, 0.05) is 18.4 Å². The summed E-state index contributed by atoms with van der Waals surface area (Å²) in [6, 6.07) is 15.6. The number of hydrogen-bond acceptors (Lipinski definition) is 5. The predicted octanol–water partition coefficient (Wildman–Crippen LogP) is 4.15. The highest BCUT2D eigenvalue weighted by Crippen LogP contribution is 2.20. The van der Waals surface area contributed by atoms with Crippen LogP contribution >= 0.6 is 11.8 Å². The van der Waals surface area contributed by atoms with Crippen LogP contribution in [0.4, 0.5) is 10.1 Å². The summed E-state index contributed by atoms with van der Waals surface area (Å²) >= 11 is 1.18. The molecule has 0 radical (unpaired) electrons. The van der Waals surface area contributed by atoms with Crippen molar-refractivity contribution in [2.24, 2.45) is 0 Å². The number of carbonyl (C=O) groups is 2. The molecule has 0 spiro atoms. The van der Waals surface area contributed by atoms with Gasteiger partial charge in [-0.1, -0.05) is 47.7 Å². The van der Waals surface area contributed by atoms with Crippen molar-refractivity contribution in [2.75, 3.05) is 11.1 Å². The third kappa shape index (κ3) is 5.56. The predicted molar refractivity (Wildman–Crippen MR) is 126 cm³/mol. The van der Waals surface area contributed by atoms with Crippen LogP contribution in [-0.2, 0) is 11.3 Å². The van der Waals surface area contributed by atoms with Crippen LogP contribution in [0.2, 0.25) is 0 Å². The van der Waals surface area contributed by atoms with Gasteiger partial charge in [0.25, 0.3) is 5.91 Å². The largest absolute Gasteiger partial charge is 0.348 e. The molecule has 0 saturated carbocycles. The van der Waals surface area contributed by atoms with Gasteiger partial charge >= 0.3 is 0 Å². The summed E-state index contributed by atoms with van der Waals surface area (Å²) < 4.78 is 15.1. The van der Waals surface area contributed by atoms with Crippen molar-refractivity contribution < 1.29 is 14.0 Å². The molecule has 0 unspecified atom stereocenters. The number of thioether (sulfide) groups is 1. The first-order valence-electron chi connectivity index (χ1n) is 10.3. The molecule has 4 aromatic rings. The molecule has 0 saturated heterocycles. The zero-order valence-corrected chi connectivity index (χ0v) is 18.9. The molecule has 2 aromatic carbocycles. The number of aromatic nitrogens is 3. The molecule has 0 aliphatic heterocycles. The van der Waals surface area contributed by atoms with Gasteiger partial charge in [-0.2, -0.15) is 0 Å². The van der Waals surface area contributed by atoms with E-state index in [9.17, 15) is 14.0 Å². The second-order valence-electron chi connectivity index (χ2n) is 7.59. The van der Waals surface area contributed by atoms with Crippen molar-refractivity contribution in [3.05, 3.63) is 88.9 Å². The summed E-state index contributed by atoms with van der Waals surface area (Å²) in [7, 11) is 0. The number of anilines is 1. The Labute approximate surface area is 194 Å². The van der Waals surface area contributed by atoms with Crippen LogP contribution in [0.5, 0.6) is 0 Å². The maximum atomic E-state index is 13.4. The van der Waals surface area contributed by atoms with Crippen molar-refractivity contribution >= 4 is 34.9 Å². The number of pyridine rings is 1. The van der Waals surface area contributed by atoms with Gasteiger partial charge in [0.1, 0.15) is 5.82 Å². The van der Waals surface area contributed by atoms with Gasteiger partial charge in [-0.3, -0.25) is 14.0 Å². The average molecular weight is 464 g/mol. The van der Waals surface area contributed by atoms with E-state index in [1.807, 2.05) is 31.2 Å². The van der Waals surface area contributed by atoms with E-state index in [-0.39, 0.29) is 17.6 Å². The number of amides is 2. The number of nitrogens with one attached hydrogen (secondary N) is 2. The van der Waals surface area contributed by atoms with E-state index < -0.39 is 5.82 Å². The van der Waals surface area contributed by atoms with Gasteiger partial charge in [0.05, 0.1) is 11.3 Å². The first kappa shape index (κ1) is 22.5.